The highest BCUT2D eigenvalue weighted by Crippen LogP contribution is 2.25. The number of rotatable bonds is 3. The third kappa shape index (κ3) is 2.75. The molecule has 2 rings (SSSR count). The summed E-state index contributed by atoms with van der Waals surface area (Å²) in [5.41, 5.74) is 0. The van der Waals surface area contributed by atoms with E-state index in [-0.39, 0.29) is 11.1 Å². The Kier molecular flexibility index (Phi) is 4.07. The highest BCUT2D eigenvalue weighted by Gasteiger charge is 2.29. The lowest BCUT2D eigenvalue weighted by Gasteiger charge is -2.25. The van der Waals surface area contributed by atoms with Crippen molar-refractivity contribution < 1.29 is 8.42 Å². The number of aromatic amines is 1. The van der Waals surface area contributed by atoms with Crippen molar-refractivity contribution in [3.63, 3.8) is 0 Å². The predicted molar refractivity (Wildman–Crippen MR) is 69.8 cm³/mol. The molecule has 1 aliphatic carbocycles. The molecule has 0 atom stereocenters. The van der Waals surface area contributed by atoms with E-state index in [0.717, 1.165) is 25.7 Å². The van der Waals surface area contributed by atoms with Crippen LogP contribution < -0.4 is 0 Å². The number of nitrogens with one attached hydrogen (secondary N) is 1. The second kappa shape index (κ2) is 5.40. The van der Waals surface area contributed by atoms with Gasteiger partial charge in [0.25, 0.3) is 10.0 Å². The third-order valence-electron chi connectivity index (χ3n) is 3.68. The van der Waals surface area contributed by atoms with Crippen LogP contribution in [0.3, 0.4) is 0 Å². The molecule has 1 aliphatic rings. The lowest BCUT2D eigenvalue weighted by molar-refractivity contribution is 0.335. The van der Waals surface area contributed by atoms with Crippen molar-refractivity contribution in [2.45, 2.75) is 56.5 Å². The van der Waals surface area contributed by atoms with Crippen molar-refractivity contribution >= 4 is 10.0 Å². The Balaban J connectivity index is 2.18. The van der Waals surface area contributed by atoms with Gasteiger partial charge >= 0.3 is 0 Å². The van der Waals surface area contributed by atoms with Gasteiger partial charge in [-0.15, -0.1) is 0 Å². The standard InChI is InChI=1S/C12H21N3O2S/c1-10-13-9-12(14-10)18(16,17)15(2)11-7-5-3-4-6-8-11/h9,11H,3-8H2,1-2H3,(H,13,14). The highest BCUT2D eigenvalue weighted by atomic mass is 32.2. The minimum absolute atomic E-state index is 0.126. The van der Waals surface area contributed by atoms with Crippen LogP contribution in [0.1, 0.15) is 44.3 Å². The first kappa shape index (κ1) is 13.5. The van der Waals surface area contributed by atoms with E-state index in [1.54, 1.807) is 14.0 Å². The van der Waals surface area contributed by atoms with Crippen LogP contribution in [0.25, 0.3) is 0 Å². The van der Waals surface area contributed by atoms with Gasteiger partial charge in [0.15, 0.2) is 5.03 Å². The smallest absolute Gasteiger partial charge is 0.260 e. The minimum atomic E-state index is -3.42. The number of aryl methyl sites for hydroxylation is 1. The molecular formula is C12H21N3O2S. The number of hydrogen-bond acceptors (Lipinski definition) is 3. The molecule has 1 N–H and O–H groups in total. The van der Waals surface area contributed by atoms with Crippen molar-refractivity contribution in [1.29, 1.82) is 0 Å². The summed E-state index contributed by atoms with van der Waals surface area (Å²) >= 11 is 0. The quantitative estimate of drug-likeness (QED) is 0.856. The lowest BCUT2D eigenvalue weighted by atomic mass is 10.1. The largest absolute Gasteiger partial charge is 0.332 e. The van der Waals surface area contributed by atoms with E-state index in [0.29, 0.717) is 5.82 Å². The summed E-state index contributed by atoms with van der Waals surface area (Å²) in [6, 6.07) is 0.126. The van der Waals surface area contributed by atoms with E-state index < -0.39 is 10.0 Å². The molecule has 0 saturated heterocycles. The molecule has 0 amide bonds. The van der Waals surface area contributed by atoms with E-state index in [1.807, 2.05) is 0 Å². The van der Waals surface area contributed by atoms with E-state index in [9.17, 15) is 8.42 Å². The summed E-state index contributed by atoms with van der Waals surface area (Å²) in [6.07, 6.45) is 7.99. The van der Waals surface area contributed by atoms with E-state index in [2.05, 4.69) is 9.97 Å². The molecule has 1 heterocycles. The Morgan fingerprint density at radius 1 is 1.28 bits per heavy atom. The molecule has 1 aromatic rings. The maximum absolute atomic E-state index is 12.4. The zero-order chi connectivity index (χ0) is 13.2. The van der Waals surface area contributed by atoms with Gasteiger partial charge in [-0.25, -0.2) is 13.4 Å². The summed E-state index contributed by atoms with van der Waals surface area (Å²) in [5, 5.41) is 0.201. The van der Waals surface area contributed by atoms with E-state index in [4.69, 9.17) is 0 Å². The average molecular weight is 271 g/mol. The first-order valence-electron chi connectivity index (χ1n) is 6.51. The summed E-state index contributed by atoms with van der Waals surface area (Å²) in [7, 11) is -1.74. The van der Waals surface area contributed by atoms with Gasteiger partial charge in [0, 0.05) is 13.1 Å². The highest BCUT2D eigenvalue weighted by molar-refractivity contribution is 7.89. The Morgan fingerprint density at radius 2 is 1.89 bits per heavy atom. The summed E-state index contributed by atoms with van der Waals surface area (Å²) in [5.74, 6) is 0.628. The molecule has 1 saturated carbocycles. The number of H-pyrrole nitrogens is 1. The number of imidazole rings is 1. The molecule has 1 aromatic heterocycles. The fourth-order valence-corrected chi connectivity index (χ4v) is 3.88. The molecule has 0 aliphatic heterocycles. The molecular weight excluding hydrogens is 250 g/mol. The first-order chi connectivity index (χ1) is 8.51. The van der Waals surface area contributed by atoms with Gasteiger partial charge in [0.2, 0.25) is 0 Å². The van der Waals surface area contributed by atoms with Gasteiger partial charge < -0.3 is 4.98 Å². The van der Waals surface area contributed by atoms with Gasteiger partial charge in [-0.05, 0) is 19.8 Å². The average Bonchev–Trinajstić information content (AvgIpc) is 2.63. The third-order valence-corrected chi connectivity index (χ3v) is 5.50. The number of hydrogen-bond donors (Lipinski definition) is 1. The summed E-state index contributed by atoms with van der Waals surface area (Å²) in [4.78, 5) is 6.78. The van der Waals surface area contributed by atoms with Crippen LogP contribution in [-0.4, -0.2) is 35.8 Å². The van der Waals surface area contributed by atoms with Crippen molar-refractivity contribution in [3.05, 3.63) is 12.0 Å². The molecule has 0 bridgehead atoms. The summed E-state index contributed by atoms with van der Waals surface area (Å²) < 4.78 is 26.3. The topological polar surface area (TPSA) is 66.1 Å². The molecule has 5 nitrogen and oxygen atoms in total. The van der Waals surface area contributed by atoms with Crippen LogP contribution in [0.15, 0.2) is 11.2 Å². The fraction of sp³-hybridized carbons (Fsp3) is 0.750. The van der Waals surface area contributed by atoms with E-state index in [1.165, 1.54) is 23.3 Å². The van der Waals surface area contributed by atoms with Crippen molar-refractivity contribution in [1.82, 2.24) is 14.3 Å². The maximum atomic E-state index is 12.4. The molecule has 0 spiro atoms. The molecule has 0 unspecified atom stereocenters. The normalized spacial score (nSPS) is 19.1. The van der Waals surface area contributed by atoms with Gasteiger partial charge in [-0.2, -0.15) is 4.31 Å². The maximum Gasteiger partial charge on any atom is 0.260 e. The van der Waals surface area contributed by atoms with Crippen LogP contribution in [0.2, 0.25) is 0 Å². The first-order valence-corrected chi connectivity index (χ1v) is 7.95. The number of nitrogens with zero attached hydrogens (tertiary/aromatic N) is 2. The van der Waals surface area contributed by atoms with Crippen LogP contribution in [0.5, 0.6) is 0 Å². The van der Waals surface area contributed by atoms with Gasteiger partial charge in [-0.3, -0.25) is 0 Å². The Bertz CT molecular complexity index is 487. The predicted octanol–water partition coefficient (Wildman–Crippen LogP) is 2.06. The van der Waals surface area contributed by atoms with Crippen LogP contribution in [0.4, 0.5) is 0 Å². The molecule has 1 fully saturated rings. The Morgan fingerprint density at radius 3 is 2.39 bits per heavy atom. The number of sulfonamides is 1. The van der Waals surface area contributed by atoms with Crippen LogP contribution >= 0.6 is 0 Å². The molecule has 0 radical (unpaired) electrons. The van der Waals surface area contributed by atoms with E-state index >= 15 is 0 Å². The number of aromatic nitrogens is 2. The zero-order valence-electron chi connectivity index (χ0n) is 11.0. The van der Waals surface area contributed by atoms with Gasteiger partial charge in [0.1, 0.15) is 5.82 Å². The lowest BCUT2D eigenvalue weighted by Crippen LogP contribution is -2.36. The van der Waals surface area contributed by atoms with Crippen molar-refractivity contribution in [3.8, 4) is 0 Å². The zero-order valence-corrected chi connectivity index (χ0v) is 11.8. The monoisotopic (exact) mass is 271 g/mol. The van der Waals surface area contributed by atoms with Crippen LogP contribution in [-0.2, 0) is 10.0 Å². The second-order valence-corrected chi connectivity index (χ2v) is 6.97. The molecule has 18 heavy (non-hydrogen) atoms. The Labute approximate surface area is 109 Å². The van der Waals surface area contributed by atoms with Gasteiger partial charge in [0.05, 0.1) is 6.20 Å². The second-order valence-electron chi connectivity index (χ2n) is 5.00. The fourth-order valence-electron chi connectivity index (χ4n) is 2.50. The minimum Gasteiger partial charge on any atom is -0.332 e. The molecule has 0 aromatic carbocycles. The SMILES string of the molecule is Cc1ncc(S(=O)(=O)N(C)C2CCCCCC2)[nH]1. The summed E-state index contributed by atoms with van der Waals surface area (Å²) in [6.45, 7) is 1.75. The molecule has 102 valence electrons. The molecule has 6 heteroatoms. The Hall–Kier alpha value is -0.880. The van der Waals surface area contributed by atoms with Crippen molar-refractivity contribution in [2.24, 2.45) is 0 Å². The van der Waals surface area contributed by atoms with Crippen molar-refractivity contribution in [2.75, 3.05) is 7.05 Å². The van der Waals surface area contributed by atoms with Gasteiger partial charge in [-0.1, -0.05) is 25.7 Å². The van der Waals surface area contributed by atoms with Crippen LogP contribution in [0, 0.1) is 6.92 Å².